The Morgan fingerprint density at radius 3 is 2.47 bits per heavy atom. The van der Waals surface area contributed by atoms with Gasteiger partial charge in [-0.15, -0.1) is 0 Å². The molecule has 0 atom stereocenters. The van der Waals surface area contributed by atoms with Gasteiger partial charge in [-0.05, 0) is 25.0 Å². The summed E-state index contributed by atoms with van der Waals surface area (Å²) < 4.78 is 30.7. The van der Waals surface area contributed by atoms with Gasteiger partial charge in [0.15, 0.2) is 11.6 Å². The van der Waals surface area contributed by atoms with Crippen LogP contribution in [-0.2, 0) is 9.53 Å². The highest BCUT2D eigenvalue weighted by atomic mass is 19.2. The lowest BCUT2D eigenvalue weighted by Gasteiger charge is -2.38. The molecule has 1 aliphatic rings. The van der Waals surface area contributed by atoms with E-state index in [4.69, 9.17) is 5.73 Å². The minimum absolute atomic E-state index is 0.415. The van der Waals surface area contributed by atoms with E-state index in [0.717, 1.165) is 12.1 Å². The summed E-state index contributed by atoms with van der Waals surface area (Å²) in [6.45, 7) is 0.993. The monoisotopic (exact) mass is 270 g/mol. The fourth-order valence-electron chi connectivity index (χ4n) is 2.25. The van der Waals surface area contributed by atoms with Crippen molar-refractivity contribution in [2.24, 2.45) is 5.73 Å². The van der Waals surface area contributed by atoms with Crippen LogP contribution in [0.4, 0.5) is 14.5 Å². The van der Waals surface area contributed by atoms with Gasteiger partial charge in [-0.25, -0.2) is 8.78 Å². The van der Waals surface area contributed by atoms with Gasteiger partial charge in [0.2, 0.25) is 0 Å². The van der Waals surface area contributed by atoms with Crippen LogP contribution in [0.5, 0.6) is 0 Å². The number of esters is 1. The first-order valence-electron chi connectivity index (χ1n) is 6.03. The van der Waals surface area contributed by atoms with Crippen LogP contribution in [0.25, 0.3) is 0 Å². The Morgan fingerprint density at radius 2 is 1.95 bits per heavy atom. The van der Waals surface area contributed by atoms with Gasteiger partial charge in [0.25, 0.3) is 0 Å². The zero-order chi connectivity index (χ0) is 14.0. The summed E-state index contributed by atoms with van der Waals surface area (Å²) in [6, 6.07) is 3.76. The van der Waals surface area contributed by atoms with Crippen molar-refractivity contribution in [3.8, 4) is 0 Å². The van der Waals surface area contributed by atoms with E-state index in [1.54, 1.807) is 0 Å². The molecule has 1 heterocycles. The SMILES string of the molecule is COC(=O)C1(N)CCN(c2ccc(F)c(F)c2)CC1. The molecule has 6 heteroatoms. The normalized spacial score (nSPS) is 18.2. The Bertz CT molecular complexity index is 486. The van der Waals surface area contributed by atoms with E-state index < -0.39 is 23.1 Å². The molecule has 0 bridgehead atoms. The number of piperidine rings is 1. The summed E-state index contributed by atoms with van der Waals surface area (Å²) in [7, 11) is 1.30. The quantitative estimate of drug-likeness (QED) is 0.826. The number of anilines is 1. The molecule has 0 spiro atoms. The summed E-state index contributed by atoms with van der Waals surface area (Å²) in [5.74, 6) is -2.18. The molecule has 19 heavy (non-hydrogen) atoms. The Balaban J connectivity index is 2.07. The van der Waals surface area contributed by atoms with Crippen LogP contribution in [0.15, 0.2) is 18.2 Å². The predicted molar refractivity (Wildman–Crippen MR) is 66.7 cm³/mol. The zero-order valence-electron chi connectivity index (χ0n) is 10.7. The van der Waals surface area contributed by atoms with Crippen molar-refractivity contribution < 1.29 is 18.3 Å². The van der Waals surface area contributed by atoms with Crippen LogP contribution in [0, 0.1) is 11.6 Å². The van der Waals surface area contributed by atoms with Gasteiger partial charge in [0.05, 0.1) is 7.11 Å². The van der Waals surface area contributed by atoms with Gasteiger partial charge in [-0.1, -0.05) is 0 Å². The number of nitrogens with zero attached hydrogens (tertiary/aromatic N) is 1. The standard InChI is InChI=1S/C13H16F2N2O2/c1-19-12(18)13(16)4-6-17(7-5-13)9-2-3-10(14)11(15)8-9/h2-3,8H,4-7,16H2,1H3. The van der Waals surface area contributed by atoms with Crippen LogP contribution in [0.2, 0.25) is 0 Å². The minimum atomic E-state index is -0.982. The third kappa shape index (κ3) is 2.68. The molecule has 1 saturated heterocycles. The number of rotatable bonds is 2. The number of hydrogen-bond donors (Lipinski definition) is 1. The molecule has 2 rings (SSSR count). The van der Waals surface area contributed by atoms with E-state index >= 15 is 0 Å². The lowest BCUT2D eigenvalue weighted by atomic mass is 9.88. The van der Waals surface area contributed by atoms with Crippen molar-refractivity contribution in [3.63, 3.8) is 0 Å². The van der Waals surface area contributed by atoms with E-state index in [-0.39, 0.29) is 0 Å². The van der Waals surface area contributed by atoms with Crippen molar-refractivity contribution in [1.82, 2.24) is 0 Å². The molecule has 1 aliphatic heterocycles. The van der Waals surface area contributed by atoms with E-state index in [2.05, 4.69) is 4.74 Å². The van der Waals surface area contributed by atoms with Gasteiger partial charge in [0, 0.05) is 24.8 Å². The molecule has 0 radical (unpaired) electrons. The maximum absolute atomic E-state index is 13.2. The average Bonchev–Trinajstić information content (AvgIpc) is 2.42. The fourth-order valence-corrected chi connectivity index (χ4v) is 2.25. The molecule has 1 aromatic carbocycles. The first-order chi connectivity index (χ1) is 8.96. The van der Waals surface area contributed by atoms with E-state index in [0.29, 0.717) is 31.6 Å². The number of hydrogen-bond acceptors (Lipinski definition) is 4. The number of halogens is 2. The second-order valence-corrected chi connectivity index (χ2v) is 4.73. The molecule has 0 aliphatic carbocycles. The minimum Gasteiger partial charge on any atom is -0.468 e. The van der Waals surface area contributed by atoms with Gasteiger partial charge >= 0.3 is 5.97 Å². The number of methoxy groups -OCH3 is 1. The zero-order valence-corrected chi connectivity index (χ0v) is 10.7. The lowest BCUT2D eigenvalue weighted by Crippen LogP contribution is -2.56. The highest BCUT2D eigenvalue weighted by Gasteiger charge is 2.38. The summed E-state index contributed by atoms with van der Waals surface area (Å²) in [6.07, 6.45) is 0.831. The second-order valence-electron chi connectivity index (χ2n) is 4.73. The lowest BCUT2D eigenvalue weighted by molar-refractivity contribution is -0.147. The smallest absolute Gasteiger partial charge is 0.325 e. The molecule has 104 valence electrons. The van der Waals surface area contributed by atoms with Crippen molar-refractivity contribution in [3.05, 3.63) is 29.8 Å². The predicted octanol–water partition coefficient (Wildman–Crippen LogP) is 1.44. The van der Waals surface area contributed by atoms with E-state index in [1.807, 2.05) is 4.90 Å². The van der Waals surface area contributed by atoms with Gasteiger partial charge in [-0.2, -0.15) is 0 Å². The van der Waals surface area contributed by atoms with Gasteiger partial charge in [-0.3, -0.25) is 4.79 Å². The number of ether oxygens (including phenoxy) is 1. The number of benzene rings is 1. The molecule has 0 saturated carbocycles. The number of carbonyl (C=O) groups excluding carboxylic acids is 1. The van der Waals surface area contributed by atoms with Crippen molar-refractivity contribution in [2.45, 2.75) is 18.4 Å². The topological polar surface area (TPSA) is 55.6 Å². The Labute approximate surface area is 110 Å². The Morgan fingerprint density at radius 1 is 1.32 bits per heavy atom. The van der Waals surface area contributed by atoms with Crippen LogP contribution in [-0.4, -0.2) is 31.7 Å². The van der Waals surface area contributed by atoms with Crippen LogP contribution >= 0.6 is 0 Å². The molecule has 1 aromatic rings. The largest absolute Gasteiger partial charge is 0.468 e. The highest BCUT2D eigenvalue weighted by molar-refractivity contribution is 5.81. The molecule has 0 amide bonds. The molecular formula is C13H16F2N2O2. The maximum Gasteiger partial charge on any atom is 0.325 e. The van der Waals surface area contributed by atoms with Crippen LogP contribution < -0.4 is 10.6 Å². The first kappa shape index (κ1) is 13.7. The fraction of sp³-hybridized carbons (Fsp3) is 0.462. The summed E-state index contributed by atoms with van der Waals surface area (Å²) in [5, 5.41) is 0. The van der Waals surface area contributed by atoms with Gasteiger partial charge < -0.3 is 15.4 Å². The van der Waals surface area contributed by atoms with Crippen molar-refractivity contribution >= 4 is 11.7 Å². The first-order valence-corrected chi connectivity index (χ1v) is 6.03. The third-order valence-electron chi connectivity index (χ3n) is 3.52. The number of nitrogens with two attached hydrogens (primary N) is 1. The van der Waals surface area contributed by atoms with Gasteiger partial charge in [0.1, 0.15) is 5.54 Å². The molecule has 1 fully saturated rings. The second kappa shape index (κ2) is 5.13. The van der Waals surface area contributed by atoms with Crippen molar-refractivity contribution in [1.29, 1.82) is 0 Å². The molecule has 0 unspecified atom stereocenters. The van der Waals surface area contributed by atoms with E-state index in [9.17, 15) is 13.6 Å². The summed E-state index contributed by atoms with van der Waals surface area (Å²) >= 11 is 0. The van der Waals surface area contributed by atoms with E-state index in [1.165, 1.54) is 13.2 Å². The third-order valence-corrected chi connectivity index (χ3v) is 3.52. The molecule has 2 N–H and O–H groups in total. The van der Waals surface area contributed by atoms with Crippen LogP contribution in [0.1, 0.15) is 12.8 Å². The number of carbonyl (C=O) groups is 1. The van der Waals surface area contributed by atoms with Crippen LogP contribution in [0.3, 0.4) is 0 Å². The average molecular weight is 270 g/mol. The molecule has 4 nitrogen and oxygen atoms in total. The van der Waals surface area contributed by atoms with Crippen molar-refractivity contribution in [2.75, 3.05) is 25.1 Å². The molecular weight excluding hydrogens is 254 g/mol. The summed E-state index contributed by atoms with van der Waals surface area (Å²) in [5.41, 5.74) is 5.58. The molecule has 0 aromatic heterocycles. The Hall–Kier alpha value is -1.69. The Kier molecular flexibility index (Phi) is 3.71. The maximum atomic E-state index is 13.2. The highest BCUT2D eigenvalue weighted by Crippen LogP contribution is 2.26. The summed E-state index contributed by atoms with van der Waals surface area (Å²) in [4.78, 5) is 13.4.